The molecular formula is C13H14BrN3O. The van der Waals surface area contributed by atoms with Crippen molar-refractivity contribution in [1.82, 2.24) is 4.98 Å². The Morgan fingerprint density at radius 2 is 2.17 bits per heavy atom. The highest BCUT2D eigenvalue weighted by atomic mass is 79.9. The molecule has 1 atom stereocenters. The SMILES string of the molecule is O=C1C2CCCCCC2=NN1c1ccc(Br)cn1. The second-order valence-corrected chi connectivity index (χ2v) is 5.64. The summed E-state index contributed by atoms with van der Waals surface area (Å²) in [6.45, 7) is 0. The highest BCUT2D eigenvalue weighted by Gasteiger charge is 2.37. The van der Waals surface area contributed by atoms with Gasteiger partial charge in [0, 0.05) is 10.7 Å². The minimum atomic E-state index is -0.00190. The van der Waals surface area contributed by atoms with Gasteiger partial charge in [-0.2, -0.15) is 10.1 Å². The summed E-state index contributed by atoms with van der Waals surface area (Å²) in [5.41, 5.74) is 1.04. The molecule has 1 saturated carbocycles. The molecule has 0 saturated heterocycles. The van der Waals surface area contributed by atoms with Crippen molar-refractivity contribution in [2.75, 3.05) is 5.01 Å². The van der Waals surface area contributed by atoms with Gasteiger partial charge in [0.25, 0.3) is 5.91 Å². The molecule has 18 heavy (non-hydrogen) atoms. The Balaban J connectivity index is 1.90. The van der Waals surface area contributed by atoms with Gasteiger partial charge in [0.15, 0.2) is 5.82 Å². The highest BCUT2D eigenvalue weighted by molar-refractivity contribution is 9.10. The first kappa shape index (κ1) is 11.8. The predicted octanol–water partition coefficient (Wildman–Crippen LogP) is 3.13. The molecule has 0 N–H and O–H groups in total. The molecule has 1 aromatic heterocycles. The zero-order valence-corrected chi connectivity index (χ0v) is 11.6. The lowest BCUT2D eigenvalue weighted by molar-refractivity contribution is -0.119. The Morgan fingerprint density at radius 1 is 1.28 bits per heavy atom. The number of fused-ring (bicyclic) bond motifs is 1. The maximum atomic E-state index is 12.3. The van der Waals surface area contributed by atoms with Crippen LogP contribution in [0.2, 0.25) is 0 Å². The van der Waals surface area contributed by atoms with Crippen LogP contribution in [0.15, 0.2) is 27.9 Å². The van der Waals surface area contributed by atoms with E-state index in [2.05, 4.69) is 26.0 Å². The number of amides is 1. The second kappa shape index (κ2) is 4.80. The van der Waals surface area contributed by atoms with Crippen molar-refractivity contribution in [2.45, 2.75) is 32.1 Å². The molecule has 94 valence electrons. The van der Waals surface area contributed by atoms with E-state index in [1.165, 1.54) is 11.4 Å². The fourth-order valence-electron chi connectivity index (χ4n) is 2.54. The first-order valence-corrected chi connectivity index (χ1v) is 7.08. The van der Waals surface area contributed by atoms with Crippen LogP contribution in [-0.4, -0.2) is 16.6 Å². The molecule has 5 heteroatoms. The van der Waals surface area contributed by atoms with Crippen molar-refractivity contribution >= 4 is 33.4 Å². The molecular weight excluding hydrogens is 294 g/mol. The summed E-state index contributed by atoms with van der Waals surface area (Å²) in [7, 11) is 0. The van der Waals surface area contributed by atoms with Crippen LogP contribution in [-0.2, 0) is 4.79 Å². The first-order valence-electron chi connectivity index (χ1n) is 6.28. The van der Waals surface area contributed by atoms with E-state index in [1.54, 1.807) is 6.20 Å². The van der Waals surface area contributed by atoms with Crippen molar-refractivity contribution in [1.29, 1.82) is 0 Å². The van der Waals surface area contributed by atoms with E-state index in [0.29, 0.717) is 5.82 Å². The molecule has 1 aliphatic carbocycles. The number of hydrogen-bond acceptors (Lipinski definition) is 3. The molecule has 4 nitrogen and oxygen atoms in total. The number of carbonyl (C=O) groups excluding carboxylic acids is 1. The number of carbonyl (C=O) groups is 1. The predicted molar refractivity (Wildman–Crippen MR) is 73.4 cm³/mol. The third kappa shape index (κ3) is 2.07. The number of nitrogens with zero attached hydrogens (tertiary/aromatic N) is 3. The van der Waals surface area contributed by atoms with Crippen LogP contribution in [0.1, 0.15) is 32.1 Å². The van der Waals surface area contributed by atoms with Crippen molar-refractivity contribution in [3.63, 3.8) is 0 Å². The minimum Gasteiger partial charge on any atom is -0.272 e. The maximum Gasteiger partial charge on any atom is 0.257 e. The lowest BCUT2D eigenvalue weighted by Crippen LogP contribution is -2.27. The van der Waals surface area contributed by atoms with Gasteiger partial charge in [-0.05, 0) is 47.3 Å². The van der Waals surface area contributed by atoms with Gasteiger partial charge in [0.05, 0.1) is 11.6 Å². The average molecular weight is 308 g/mol. The van der Waals surface area contributed by atoms with Gasteiger partial charge in [-0.25, -0.2) is 4.98 Å². The number of aromatic nitrogens is 1. The monoisotopic (exact) mass is 307 g/mol. The fourth-order valence-corrected chi connectivity index (χ4v) is 2.78. The summed E-state index contributed by atoms with van der Waals surface area (Å²) < 4.78 is 0.903. The van der Waals surface area contributed by atoms with E-state index >= 15 is 0 Å². The Bertz CT molecular complexity index is 497. The maximum absolute atomic E-state index is 12.3. The van der Waals surface area contributed by atoms with Gasteiger partial charge in [-0.3, -0.25) is 4.79 Å². The Morgan fingerprint density at radius 3 is 2.94 bits per heavy atom. The van der Waals surface area contributed by atoms with E-state index in [0.717, 1.165) is 35.9 Å². The summed E-state index contributed by atoms with van der Waals surface area (Å²) in [5, 5.41) is 5.94. The largest absolute Gasteiger partial charge is 0.272 e. The van der Waals surface area contributed by atoms with Gasteiger partial charge in [0.1, 0.15) is 0 Å². The smallest absolute Gasteiger partial charge is 0.257 e. The molecule has 1 unspecified atom stereocenters. The zero-order chi connectivity index (χ0) is 12.5. The number of halogens is 1. The van der Waals surface area contributed by atoms with Gasteiger partial charge in [0.2, 0.25) is 0 Å². The van der Waals surface area contributed by atoms with E-state index in [4.69, 9.17) is 0 Å². The molecule has 0 radical (unpaired) electrons. The number of hydrazone groups is 1. The first-order chi connectivity index (χ1) is 8.75. The molecule has 1 amide bonds. The molecule has 1 aliphatic heterocycles. The molecule has 0 bridgehead atoms. The molecule has 0 aromatic carbocycles. The minimum absolute atomic E-state index is 0.00190. The van der Waals surface area contributed by atoms with E-state index < -0.39 is 0 Å². The van der Waals surface area contributed by atoms with Crippen LogP contribution in [0.3, 0.4) is 0 Å². The van der Waals surface area contributed by atoms with Crippen LogP contribution >= 0.6 is 15.9 Å². The van der Waals surface area contributed by atoms with E-state index in [-0.39, 0.29) is 11.8 Å². The van der Waals surface area contributed by atoms with Gasteiger partial charge in [-0.1, -0.05) is 12.8 Å². The fraction of sp³-hybridized carbons (Fsp3) is 0.462. The van der Waals surface area contributed by atoms with E-state index in [1.807, 2.05) is 12.1 Å². The average Bonchev–Trinajstić information content (AvgIpc) is 2.57. The van der Waals surface area contributed by atoms with Gasteiger partial charge < -0.3 is 0 Å². The standard InChI is InChI=1S/C13H14BrN3O/c14-9-6-7-12(15-8-9)17-13(18)10-4-2-1-3-5-11(10)16-17/h6-8,10H,1-5H2. The van der Waals surface area contributed by atoms with Crippen LogP contribution in [0, 0.1) is 5.92 Å². The van der Waals surface area contributed by atoms with Crippen LogP contribution in [0.5, 0.6) is 0 Å². The summed E-state index contributed by atoms with van der Waals surface area (Å²) in [4.78, 5) is 16.6. The molecule has 1 aromatic rings. The lowest BCUT2D eigenvalue weighted by Gasteiger charge is -2.12. The van der Waals surface area contributed by atoms with E-state index in [9.17, 15) is 4.79 Å². The summed E-state index contributed by atoms with van der Waals surface area (Å²) in [6.07, 6.45) is 7.05. The molecule has 2 heterocycles. The zero-order valence-electron chi connectivity index (χ0n) is 9.97. The van der Waals surface area contributed by atoms with Gasteiger partial charge >= 0.3 is 0 Å². The lowest BCUT2D eigenvalue weighted by atomic mass is 9.98. The number of pyridine rings is 1. The third-order valence-corrected chi connectivity index (χ3v) is 3.96. The molecule has 2 aliphatic rings. The number of anilines is 1. The van der Waals surface area contributed by atoms with Crippen molar-refractivity contribution in [2.24, 2.45) is 11.0 Å². The summed E-state index contributed by atoms with van der Waals surface area (Å²) in [6, 6.07) is 3.70. The quantitative estimate of drug-likeness (QED) is 0.800. The normalized spacial score (nSPS) is 23.6. The van der Waals surface area contributed by atoms with Crippen molar-refractivity contribution in [3.05, 3.63) is 22.8 Å². The Hall–Kier alpha value is -1.23. The number of rotatable bonds is 1. The number of hydrogen-bond donors (Lipinski definition) is 0. The molecule has 3 rings (SSSR count). The molecule has 1 fully saturated rings. The van der Waals surface area contributed by atoms with Gasteiger partial charge in [-0.15, -0.1) is 0 Å². The summed E-state index contributed by atoms with van der Waals surface area (Å²) >= 11 is 3.34. The third-order valence-electron chi connectivity index (χ3n) is 3.49. The van der Waals surface area contributed by atoms with Crippen LogP contribution < -0.4 is 5.01 Å². The summed E-state index contributed by atoms with van der Waals surface area (Å²) in [5.74, 6) is 0.698. The van der Waals surface area contributed by atoms with Crippen molar-refractivity contribution < 1.29 is 4.79 Å². The Kier molecular flexibility index (Phi) is 3.16. The Labute approximate surface area is 114 Å². The van der Waals surface area contributed by atoms with Crippen LogP contribution in [0.4, 0.5) is 5.82 Å². The second-order valence-electron chi connectivity index (χ2n) is 4.73. The topological polar surface area (TPSA) is 45.6 Å². The van der Waals surface area contributed by atoms with Crippen molar-refractivity contribution in [3.8, 4) is 0 Å². The highest BCUT2D eigenvalue weighted by Crippen LogP contribution is 2.30. The van der Waals surface area contributed by atoms with Crippen LogP contribution in [0.25, 0.3) is 0 Å². The molecule has 0 spiro atoms.